The highest BCUT2D eigenvalue weighted by molar-refractivity contribution is 4.89. The first-order valence-electron chi connectivity index (χ1n) is 2.99. The number of hydrogen-bond acceptors (Lipinski definition) is 1. The van der Waals surface area contributed by atoms with Gasteiger partial charge in [-0.1, -0.05) is 19.2 Å². The maximum atomic E-state index is 4.99. The van der Waals surface area contributed by atoms with Gasteiger partial charge in [0, 0.05) is 0 Å². The van der Waals surface area contributed by atoms with Crippen molar-refractivity contribution in [2.45, 2.75) is 20.3 Å². The molecule has 0 heterocycles. The predicted octanol–water partition coefficient (Wildman–Crippen LogP) is 2.62. The van der Waals surface area contributed by atoms with Crippen molar-refractivity contribution in [3.8, 4) is 0 Å². The second kappa shape index (κ2) is 5.20. The van der Waals surface area contributed by atoms with Crippen LogP contribution in [0.4, 0.5) is 0 Å². The highest BCUT2D eigenvalue weighted by Gasteiger charge is 1.79. The summed E-state index contributed by atoms with van der Waals surface area (Å²) >= 11 is 0. The molecular formula is C8H12O. The summed E-state index contributed by atoms with van der Waals surface area (Å²) in [5.74, 6) is 0.897. The highest BCUT2D eigenvalue weighted by atomic mass is 16.5. The topological polar surface area (TPSA) is 9.23 Å². The molecule has 0 saturated heterocycles. The smallest absolute Gasteiger partial charge is 0.132 e. The largest absolute Gasteiger partial charge is 0.462 e. The second-order valence-corrected chi connectivity index (χ2v) is 1.66. The Labute approximate surface area is 56.3 Å². The van der Waals surface area contributed by atoms with E-state index in [1.54, 1.807) is 0 Å². The number of hydrogen-bond donors (Lipinski definition) is 0. The molecule has 50 valence electrons. The summed E-state index contributed by atoms with van der Waals surface area (Å²) < 4.78 is 4.99. The van der Waals surface area contributed by atoms with Crippen LogP contribution in [0.1, 0.15) is 20.3 Å². The standard InChI is InChI=1S/C8H12O/c1-4-6-8(3)9-7-5-2/h6-7H,2,4H2,1,3H3. The zero-order valence-corrected chi connectivity index (χ0v) is 5.98. The molecule has 0 spiro atoms. The van der Waals surface area contributed by atoms with Gasteiger partial charge in [-0.15, -0.1) is 0 Å². The summed E-state index contributed by atoms with van der Waals surface area (Å²) in [7, 11) is 0. The van der Waals surface area contributed by atoms with E-state index in [9.17, 15) is 0 Å². The van der Waals surface area contributed by atoms with Crippen LogP contribution < -0.4 is 0 Å². The van der Waals surface area contributed by atoms with Crippen LogP contribution in [-0.2, 0) is 4.74 Å². The number of rotatable bonds is 3. The molecule has 0 radical (unpaired) electrons. The van der Waals surface area contributed by atoms with Gasteiger partial charge < -0.3 is 4.74 Å². The van der Waals surface area contributed by atoms with Crippen LogP contribution in [0.3, 0.4) is 0 Å². The fourth-order valence-corrected chi connectivity index (χ4v) is 0.470. The van der Waals surface area contributed by atoms with Crippen molar-refractivity contribution in [2.24, 2.45) is 0 Å². The van der Waals surface area contributed by atoms with Gasteiger partial charge in [-0.25, -0.2) is 0 Å². The van der Waals surface area contributed by atoms with E-state index < -0.39 is 0 Å². The molecule has 0 aliphatic carbocycles. The summed E-state index contributed by atoms with van der Waals surface area (Å²) in [5, 5.41) is 0. The molecule has 0 aromatic rings. The predicted molar refractivity (Wildman–Crippen MR) is 38.8 cm³/mol. The minimum absolute atomic E-state index is 0.897. The van der Waals surface area contributed by atoms with E-state index in [2.05, 4.69) is 19.2 Å². The average molecular weight is 124 g/mol. The van der Waals surface area contributed by atoms with Crippen molar-refractivity contribution >= 4 is 0 Å². The van der Waals surface area contributed by atoms with Crippen LogP contribution in [0.15, 0.2) is 30.4 Å². The summed E-state index contributed by atoms with van der Waals surface area (Å²) in [6, 6.07) is 0. The Bertz CT molecular complexity index is 139. The van der Waals surface area contributed by atoms with Gasteiger partial charge in [0.2, 0.25) is 0 Å². The van der Waals surface area contributed by atoms with Crippen molar-refractivity contribution in [3.63, 3.8) is 0 Å². The zero-order valence-electron chi connectivity index (χ0n) is 5.98. The zero-order chi connectivity index (χ0) is 7.11. The minimum atomic E-state index is 0.897. The summed E-state index contributed by atoms with van der Waals surface area (Å²) in [6.07, 6.45) is 4.44. The first-order chi connectivity index (χ1) is 4.31. The van der Waals surface area contributed by atoms with Crippen LogP contribution in [0, 0.1) is 0 Å². The Morgan fingerprint density at radius 1 is 1.78 bits per heavy atom. The van der Waals surface area contributed by atoms with E-state index >= 15 is 0 Å². The Kier molecular flexibility index (Phi) is 4.66. The molecule has 0 unspecified atom stereocenters. The van der Waals surface area contributed by atoms with Crippen molar-refractivity contribution in [2.75, 3.05) is 0 Å². The lowest BCUT2D eigenvalue weighted by Crippen LogP contribution is -1.75. The van der Waals surface area contributed by atoms with Crippen LogP contribution in [0.5, 0.6) is 0 Å². The lowest BCUT2D eigenvalue weighted by molar-refractivity contribution is 0.352. The Morgan fingerprint density at radius 2 is 2.44 bits per heavy atom. The van der Waals surface area contributed by atoms with Gasteiger partial charge in [0.25, 0.3) is 0 Å². The molecule has 0 rings (SSSR count). The minimum Gasteiger partial charge on any atom is -0.462 e. The second-order valence-electron chi connectivity index (χ2n) is 1.66. The molecule has 0 aliphatic rings. The van der Waals surface area contributed by atoms with Gasteiger partial charge in [-0.05, 0) is 19.4 Å². The van der Waals surface area contributed by atoms with E-state index in [-0.39, 0.29) is 0 Å². The summed E-state index contributed by atoms with van der Waals surface area (Å²) in [6.45, 7) is 7.32. The molecule has 0 amide bonds. The molecular weight excluding hydrogens is 112 g/mol. The van der Waals surface area contributed by atoms with E-state index in [4.69, 9.17) is 4.74 Å². The number of allylic oxidation sites excluding steroid dienone is 2. The molecule has 0 bridgehead atoms. The van der Waals surface area contributed by atoms with Gasteiger partial charge >= 0.3 is 0 Å². The van der Waals surface area contributed by atoms with Gasteiger partial charge in [-0.2, -0.15) is 0 Å². The van der Waals surface area contributed by atoms with E-state index in [1.165, 1.54) is 6.26 Å². The molecule has 1 nitrogen and oxygen atoms in total. The first-order valence-corrected chi connectivity index (χ1v) is 2.99. The molecule has 0 aromatic carbocycles. The van der Waals surface area contributed by atoms with Crippen molar-refractivity contribution in [1.29, 1.82) is 0 Å². The van der Waals surface area contributed by atoms with Crippen LogP contribution >= 0.6 is 0 Å². The molecule has 0 N–H and O–H groups in total. The summed E-state index contributed by atoms with van der Waals surface area (Å²) in [5.41, 5.74) is 2.52. The third kappa shape index (κ3) is 4.92. The highest BCUT2D eigenvalue weighted by Crippen LogP contribution is 1.96. The lowest BCUT2D eigenvalue weighted by atomic mass is 10.4. The van der Waals surface area contributed by atoms with E-state index in [0.29, 0.717) is 0 Å². The summed E-state index contributed by atoms with van der Waals surface area (Å²) in [4.78, 5) is 0. The monoisotopic (exact) mass is 124 g/mol. The fourth-order valence-electron chi connectivity index (χ4n) is 0.470. The third-order valence-corrected chi connectivity index (χ3v) is 0.820. The Balaban J connectivity index is 3.61. The van der Waals surface area contributed by atoms with E-state index in [0.717, 1.165) is 12.2 Å². The maximum Gasteiger partial charge on any atom is 0.132 e. The Hall–Kier alpha value is -0.940. The van der Waals surface area contributed by atoms with Crippen molar-refractivity contribution in [3.05, 3.63) is 30.4 Å². The average Bonchev–Trinajstić information content (AvgIpc) is 1.85. The van der Waals surface area contributed by atoms with Crippen LogP contribution in [-0.4, -0.2) is 0 Å². The Morgan fingerprint density at radius 3 is 2.89 bits per heavy atom. The van der Waals surface area contributed by atoms with Gasteiger partial charge in [0.05, 0.1) is 5.76 Å². The maximum absolute atomic E-state index is 4.99. The molecule has 9 heavy (non-hydrogen) atoms. The molecule has 0 saturated carbocycles. The lowest BCUT2D eigenvalue weighted by Gasteiger charge is -1.94. The SMILES string of the molecule is C=C=COC(C)=CCC. The van der Waals surface area contributed by atoms with E-state index in [1.807, 2.05) is 13.0 Å². The normalized spacial score (nSPS) is 10.2. The van der Waals surface area contributed by atoms with Gasteiger partial charge in [-0.3, -0.25) is 0 Å². The van der Waals surface area contributed by atoms with Crippen LogP contribution in [0.25, 0.3) is 0 Å². The molecule has 0 aromatic heterocycles. The molecule has 0 aliphatic heterocycles. The quantitative estimate of drug-likeness (QED) is 0.415. The first kappa shape index (κ1) is 8.06. The molecule has 1 heteroatoms. The molecule has 0 fully saturated rings. The van der Waals surface area contributed by atoms with Crippen molar-refractivity contribution < 1.29 is 4.74 Å². The van der Waals surface area contributed by atoms with Gasteiger partial charge in [0.15, 0.2) is 0 Å². The van der Waals surface area contributed by atoms with Crippen LogP contribution in [0.2, 0.25) is 0 Å². The molecule has 0 atom stereocenters. The third-order valence-electron chi connectivity index (χ3n) is 0.820. The fraction of sp³-hybridized carbons (Fsp3) is 0.375. The van der Waals surface area contributed by atoms with Gasteiger partial charge in [0.1, 0.15) is 6.26 Å². The van der Waals surface area contributed by atoms with Crippen molar-refractivity contribution in [1.82, 2.24) is 0 Å². The number of ether oxygens (including phenoxy) is 1.